The summed E-state index contributed by atoms with van der Waals surface area (Å²) in [4.78, 5) is 2.42. The van der Waals surface area contributed by atoms with Crippen LogP contribution in [0.15, 0.2) is 42.5 Å². The summed E-state index contributed by atoms with van der Waals surface area (Å²) < 4.78 is 2.41. The summed E-state index contributed by atoms with van der Waals surface area (Å²) in [5.41, 5.74) is 8.27. The quantitative estimate of drug-likeness (QED) is 0.592. The van der Waals surface area contributed by atoms with Gasteiger partial charge in [-0.2, -0.15) is 0 Å². The fourth-order valence-corrected chi connectivity index (χ4v) is 3.96. The van der Waals surface area contributed by atoms with Crippen LogP contribution in [0.3, 0.4) is 0 Å². The van der Waals surface area contributed by atoms with Crippen LogP contribution < -0.4 is 0 Å². The van der Waals surface area contributed by atoms with Crippen LogP contribution in [0, 0.1) is 6.92 Å². The minimum Gasteiger partial charge on any atom is -0.320 e. The normalized spacial score (nSPS) is 15.3. The van der Waals surface area contributed by atoms with Gasteiger partial charge < -0.3 is 9.47 Å². The maximum absolute atomic E-state index is 2.42. The van der Waals surface area contributed by atoms with E-state index in [0.717, 1.165) is 19.5 Å². The van der Waals surface area contributed by atoms with Crippen LogP contribution in [-0.2, 0) is 13.0 Å². The molecule has 0 atom stereocenters. The minimum atomic E-state index is 0.577. The van der Waals surface area contributed by atoms with Gasteiger partial charge in [0.2, 0.25) is 0 Å². The molecule has 2 heteroatoms. The van der Waals surface area contributed by atoms with E-state index in [1.165, 1.54) is 38.9 Å². The minimum absolute atomic E-state index is 0.577. The van der Waals surface area contributed by atoms with E-state index in [1.807, 2.05) is 0 Å². The van der Waals surface area contributed by atoms with Crippen molar-refractivity contribution in [3.63, 3.8) is 0 Å². The van der Waals surface area contributed by atoms with Gasteiger partial charge in [0.25, 0.3) is 0 Å². The average Bonchev–Trinajstić information content (AvgIpc) is 2.92. The summed E-state index contributed by atoms with van der Waals surface area (Å²) in [6.45, 7) is 8.82. The Balaban J connectivity index is 1.76. The molecule has 0 bridgehead atoms. The first kappa shape index (κ1) is 17.1. The first-order valence-electron chi connectivity index (χ1n) is 9.62. The molecule has 2 aromatic carbocycles. The van der Waals surface area contributed by atoms with Crippen LogP contribution in [0.1, 0.15) is 47.7 Å². The van der Waals surface area contributed by atoms with Crippen molar-refractivity contribution in [2.45, 2.75) is 39.7 Å². The SMILES string of the molecule is Cc1ccc2c(c1)c1c(n2/C=C/c2ccc(C(C)C)cc2)CCN(C)C1. The number of aromatic nitrogens is 1. The Morgan fingerprint density at radius 3 is 2.54 bits per heavy atom. The molecule has 1 aromatic heterocycles. The number of hydrogen-bond acceptors (Lipinski definition) is 1. The molecule has 2 nitrogen and oxygen atoms in total. The molecule has 0 saturated heterocycles. The Morgan fingerprint density at radius 1 is 1.04 bits per heavy atom. The predicted octanol–water partition coefficient (Wildman–Crippen LogP) is 5.69. The molecule has 0 fully saturated rings. The van der Waals surface area contributed by atoms with E-state index in [2.05, 4.69) is 92.0 Å². The summed E-state index contributed by atoms with van der Waals surface area (Å²) in [6.07, 6.45) is 5.60. The van der Waals surface area contributed by atoms with Crippen molar-refractivity contribution in [3.8, 4) is 0 Å². The van der Waals surface area contributed by atoms with Crippen molar-refractivity contribution in [3.05, 3.63) is 70.4 Å². The van der Waals surface area contributed by atoms with E-state index in [4.69, 9.17) is 0 Å². The van der Waals surface area contributed by atoms with Crippen molar-refractivity contribution in [1.29, 1.82) is 0 Å². The van der Waals surface area contributed by atoms with Crippen molar-refractivity contribution in [1.82, 2.24) is 9.47 Å². The number of rotatable bonds is 3. The highest BCUT2D eigenvalue weighted by atomic mass is 15.1. The zero-order valence-electron chi connectivity index (χ0n) is 16.3. The Hall–Kier alpha value is -2.32. The zero-order valence-corrected chi connectivity index (χ0v) is 16.3. The third kappa shape index (κ3) is 3.10. The molecule has 0 N–H and O–H groups in total. The molecular formula is C24H28N2. The molecule has 0 radical (unpaired) electrons. The topological polar surface area (TPSA) is 8.17 Å². The van der Waals surface area contributed by atoms with Crippen LogP contribution in [0.5, 0.6) is 0 Å². The lowest BCUT2D eigenvalue weighted by Gasteiger charge is -2.23. The zero-order chi connectivity index (χ0) is 18.3. The van der Waals surface area contributed by atoms with Gasteiger partial charge in [0.1, 0.15) is 0 Å². The van der Waals surface area contributed by atoms with Gasteiger partial charge in [-0.1, -0.05) is 49.7 Å². The second-order valence-electron chi connectivity index (χ2n) is 7.94. The molecule has 0 saturated carbocycles. The lowest BCUT2D eigenvalue weighted by atomic mass is 10.0. The molecular weight excluding hydrogens is 316 g/mol. The van der Waals surface area contributed by atoms with Crippen LogP contribution in [0.4, 0.5) is 0 Å². The van der Waals surface area contributed by atoms with Crippen LogP contribution in [0.25, 0.3) is 23.2 Å². The summed E-state index contributed by atoms with van der Waals surface area (Å²) in [5, 5.41) is 1.41. The van der Waals surface area contributed by atoms with E-state index in [0.29, 0.717) is 5.92 Å². The number of hydrogen-bond donors (Lipinski definition) is 0. The number of likely N-dealkylation sites (N-methyl/N-ethyl adjacent to an activating group) is 1. The third-order valence-corrected chi connectivity index (χ3v) is 5.55. The number of aryl methyl sites for hydroxylation is 1. The highest BCUT2D eigenvalue weighted by molar-refractivity contribution is 5.89. The molecule has 2 heterocycles. The fraction of sp³-hybridized carbons (Fsp3) is 0.333. The van der Waals surface area contributed by atoms with Crippen LogP contribution >= 0.6 is 0 Å². The largest absolute Gasteiger partial charge is 0.320 e. The van der Waals surface area contributed by atoms with Gasteiger partial charge in [-0.3, -0.25) is 0 Å². The number of fused-ring (bicyclic) bond motifs is 3. The van der Waals surface area contributed by atoms with Gasteiger partial charge in [-0.25, -0.2) is 0 Å². The van der Waals surface area contributed by atoms with E-state index < -0.39 is 0 Å². The van der Waals surface area contributed by atoms with Gasteiger partial charge >= 0.3 is 0 Å². The second kappa shape index (κ2) is 6.77. The molecule has 0 spiro atoms. The molecule has 26 heavy (non-hydrogen) atoms. The maximum atomic E-state index is 2.42. The van der Waals surface area contributed by atoms with Crippen molar-refractivity contribution >= 4 is 23.2 Å². The highest BCUT2D eigenvalue weighted by Crippen LogP contribution is 2.31. The fourth-order valence-electron chi connectivity index (χ4n) is 3.96. The van der Waals surface area contributed by atoms with E-state index >= 15 is 0 Å². The monoisotopic (exact) mass is 344 g/mol. The molecule has 0 unspecified atom stereocenters. The Bertz CT molecular complexity index is 958. The Morgan fingerprint density at radius 2 is 1.81 bits per heavy atom. The third-order valence-electron chi connectivity index (χ3n) is 5.55. The predicted molar refractivity (Wildman–Crippen MR) is 112 cm³/mol. The van der Waals surface area contributed by atoms with E-state index in [9.17, 15) is 0 Å². The number of benzene rings is 2. The highest BCUT2D eigenvalue weighted by Gasteiger charge is 2.21. The maximum Gasteiger partial charge on any atom is 0.0528 e. The van der Waals surface area contributed by atoms with Gasteiger partial charge in [-0.15, -0.1) is 0 Å². The Kier molecular flexibility index (Phi) is 4.46. The van der Waals surface area contributed by atoms with Gasteiger partial charge in [0.05, 0.1) is 5.52 Å². The van der Waals surface area contributed by atoms with Crippen molar-refractivity contribution in [2.75, 3.05) is 13.6 Å². The van der Waals surface area contributed by atoms with Crippen molar-refractivity contribution < 1.29 is 0 Å². The van der Waals surface area contributed by atoms with E-state index in [1.54, 1.807) is 0 Å². The molecule has 0 aliphatic carbocycles. The first-order chi connectivity index (χ1) is 12.5. The standard InChI is InChI=1S/C24H28N2/c1-17(2)20-8-6-19(7-9-20)11-14-26-23-10-5-18(3)15-21(23)22-16-25(4)13-12-24(22)26/h5-11,14-15,17H,12-13,16H2,1-4H3/b14-11+. The molecule has 1 aliphatic rings. The summed E-state index contributed by atoms with van der Waals surface area (Å²) in [6, 6.07) is 15.8. The lowest BCUT2D eigenvalue weighted by molar-refractivity contribution is 0.312. The molecule has 0 amide bonds. The number of nitrogens with zero attached hydrogens (tertiary/aromatic N) is 2. The van der Waals surface area contributed by atoms with Gasteiger partial charge in [0.15, 0.2) is 0 Å². The molecule has 4 rings (SSSR count). The van der Waals surface area contributed by atoms with Crippen LogP contribution in [0.2, 0.25) is 0 Å². The average molecular weight is 345 g/mol. The van der Waals surface area contributed by atoms with E-state index in [-0.39, 0.29) is 0 Å². The smallest absolute Gasteiger partial charge is 0.0528 e. The Labute approximate surface area is 156 Å². The summed E-state index contributed by atoms with van der Waals surface area (Å²) in [7, 11) is 2.22. The van der Waals surface area contributed by atoms with Crippen LogP contribution in [-0.4, -0.2) is 23.1 Å². The van der Waals surface area contributed by atoms with Crippen molar-refractivity contribution in [2.24, 2.45) is 0 Å². The second-order valence-corrected chi connectivity index (χ2v) is 7.94. The summed E-state index contributed by atoms with van der Waals surface area (Å²) in [5.74, 6) is 0.577. The van der Waals surface area contributed by atoms with Gasteiger partial charge in [-0.05, 0) is 54.8 Å². The molecule has 1 aliphatic heterocycles. The lowest BCUT2D eigenvalue weighted by Crippen LogP contribution is -2.26. The molecule has 134 valence electrons. The van der Waals surface area contributed by atoms with Gasteiger partial charge in [0, 0.05) is 36.8 Å². The first-order valence-corrected chi connectivity index (χ1v) is 9.62. The molecule has 3 aromatic rings. The summed E-state index contributed by atoms with van der Waals surface area (Å²) >= 11 is 0.